The number of H-pyrrole nitrogens is 2. The molecular weight excluding hydrogens is 344 g/mol. The SMILES string of the molecule is CN1CCc2c([nH]c3ccccc23)C1c1c(O)n(C(C)(C)C)c(=O)[nH]c1=O. The zero-order valence-corrected chi connectivity index (χ0v) is 16.0. The molecule has 0 saturated heterocycles. The Balaban J connectivity index is 2.03. The van der Waals surface area contributed by atoms with Gasteiger partial charge in [0.1, 0.15) is 5.56 Å². The molecule has 2 aromatic heterocycles. The lowest BCUT2D eigenvalue weighted by Crippen LogP contribution is -2.43. The fourth-order valence-electron chi connectivity index (χ4n) is 4.13. The summed E-state index contributed by atoms with van der Waals surface area (Å²) in [5, 5.41) is 12.1. The quantitative estimate of drug-likeness (QED) is 0.613. The molecule has 0 radical (unpaired) electrons. The van der Waals surface area contributed by atoms with Crippen LogP contribution in [0, 0.1) is 0 Å². The molecule has 3 N–H and O–H groups in total. The molecule has 1 aliphatic heterocycles. The zero-order valence-electron chi connectivity index (χ0n) is 16.0. The number of rotatable bonds is 1. The highest BCUT2D eigenvalue weighted by Crippen LogP contribution is 2.39. The molecule has 1 aliphatic rings. The number of hydrogen-bond donors (Lipinski definition) is 3. The molecule has 0 bridgehead atoms. The maximum atomic E-state index is 12.7. The number of benzene rings is 1. The van der Waals surface area contributed by atoms with Crippen LogP contribution in [0.1, 0.15) is 43.6 Å². The standard InChI is InChI=1S/C20H24N4O3/c1-20(2,3)24-18(26)14(17(25)22-19(24)27)16-15-12(9-10-23(16)4)11-7-5-6-8-13(11)21-15/h5-8,16,21,26H,9-10H2,1-4H3,(H,22,25,27). The lowest BCUT2D eigenvalue weighted by molar-refractivity contribution is 0.241. The van der Waals surface area contributed by atoms with Gasteiger partial charge in [0.05, 0.1) is 6.04 Å². The molecule has 1 aromatic carbocycles. The molecule has 4 rings (SSSR count). The molecule has 0 spiro atoms. The maximum Gasteiger partial charge on any atom is 0.331 e. The number of aromatic nitrogens is 3. The van der Waals surface area contributed by atoms with E-state index in [0.717, 1.165) is 35.1 Å². The molecule has 0 fully saturated rings. The summed E-state index contributed by atoms with van der Waals surface area (Å²) in [4.78, 5) is 32.9. The number of aromatic amines is 2. The number of hydrogen-bond acceptors (Lipinski definition) is 4. The van der Waals surface area contributed by atoms with Crippen molar-refractivity contribution >= 4 is 10.9 Å². The van der Waals surface area contributed by atoms with Crippen molar-refractivity contribution in [1.82, 2.24) is 19.4 Å². The number of fused-ring (bicyclic) bond motifs is 3. The third-order valence-electron chi connectivity index (χ3n) is 5.34. The normalized spacial score (nSPS) is 18.0. The number of likely N-dealkylation sites (N-methyl/N-ethyl adjacent to an activating group) is 1. The Morgan fingerprint density at radius 1 is 1.15 bits per heavy atom. The van der Waals surface area contributed by atoms with Crippen molar-refractivity contribution in [2.24, 2.45) is 0 Å². The average Bonchev–Trinajstić information content (AvgIpc) is 2.93. The topological polar surface area (TPSA) is 94.1 Å². The van der Waals surface area contributed by atoms with E-state index >= 15 is 0 Å². The molecular formula is C20H24N4O3. The van der Waals surface area contributed by atoms with Crippen molar-refractivity contribution in [3.05, 3.63) is 61.9 Å². The van der Waals surface area contributed by atoms with Crippen LogP contribution in [0.3, 0.4) is 0 Å². The molecule has 7 nitrogen and oxygen atoms in total. The number of para-hydroxylation sites is 1. The summed E-state index contributed by atoms with van der Waals surface area (Å²) in [6.45, 7) is 6.19. The first-order valence-corrected chi connectivity index (χ1v) is 9.08. The first-order valence-electron chi connectivity index (χ1n) is 9.08. The predicted octanol–water partition coefficient (Wildman–Crippen LogP) is 2.06. The third-order valence-corrected chi connectivity index (χ3v) is 5.34. The van der Waals surface area contributed by atoms with Crippen LogP contribution in [0.15, 0.2) is 33.9 Å². The second-order valence-electron chi connectivity index (χ2n) is 8.20. The smallest absolute Gasteiger partial charge is 0.331 e. The Labute approximate surface area is 156 Å². The van der Waals surface area contributed by atoms with Gasteiger partial charge in [-0.05, 0) is 45.9 Å². The highest BCUT2D eigenvalue weighted by molar-refractivity contribution is 5.85. The van der Waals surface area contributed by atoms with Crippen molar-refractivity contribution in [1.29, 1.82) is 0 Å². The summed E-state index contributed by atoms with van der Waals surface area (Å²) >= 11 is 0. The van der Waals surface area contributed by atoms with Gasteiger partial charge >= 0.3 is 5.69 Å². The summed E-state index contributed by atoms with van der Waals surface area (Å²) in [6.07, 6.45) is 0.851. The monoisotopic (exact) mass is 368 g/mol. The molecule has 0 aliphatic carbocycles. The maximum absolute atomic E-state index is 12.7. The molecule has 0 saturated carbocycles. The average molecular weight is 368 g/mol. The summed E-state index contributed by atoms with van der Waals surface area (Å²) < 4.78 is 1.24. The Hall–Kier alpha value is -2.80. The van der Waals surface area contributed by atoms with Gasteiger partial charge in [-0.15, -0.1) is 0 Å². The summed E-state index contributed by atoms with van der Waals surface area (Å²) in [5.74, 6) is -0.278. The highest BCUT2D eigenvalue weighted by atomic mass is 16.3. The van der Waals surface area contributed by atoms with Crippen molar-refractivity contribution < 1.29 is 5.11 Å². The van der Waals surface area contributed by atoms with Crippen molar-refractivity contribution in [2.75, 3.05) is 13.6 Å². The second kappa shape index (κ2) is 5.85. The first kappa shape index (κ1) is 17.6. The molecule has 1 atom stereocenters. The van der Waals surface area contributed by atoms with Crippen molar-refractivity contribution in [3.8, 4) is 5.88 Å². The number of aromatic hydroxyl groups is 1. The molecule has 0 amide bonds. The van der Waals surface area contributed by atoms with Gasteiger partial charge in [0.15, 0.2) is 0 Å². The largest absolute Gasteiger partial charge is 0.494 e. The van der Waals surface area contributed by atoms with Gasteiger partial charge in [-0.2, -0.15) is 0 Å². The van der Waals surface area contributed by atoms with Gasteiger partial charge in [0.25, 0.3) is 5.56 Å². The predicted molar refractivity (Wildman–Crippen MR) is 104 cm³/mol. The van der Waals surface area contributed by atoms with E-state index in [1.165, 1.54) is 4.57 Å². The van der Waals surface area contributed by atoms with Crippen LogP contribution >= 0.6 is 0 Å². The van der Waals surface area contributed by atoms with E-state index < -0.39 is 22.8 Å². The fraction of sp³-hybridized carbons (Fsp3) is 0.400. The van der Waals surface area contributed by atoms with E-state index in [0.29, 0.717) is 0 Å². The van der Waals surface area contributed by atoms with Gasteiger partial charge in [0, 0.05) is 28.7 Å². The Morgan fingerprint density at radius 3 is 2.56 bits per heavy atom. The van der Waals surface area contributed by atoms with Gasteiger partial charge < -0.3 is 10.1 Å². The molecule has 27 heavy (non-hydrogen) atoms. The van der Waals surface area contributed by atoms with Gasteiger partial charge in [-0.1, -0.05) is 18.2 Å². The second-order valence-corrected chi connectivity index (χ2v) is 8.20. The molecule has 142 valence electrons. The van der Waals surface area contributed by atoms with Gasteiger partial charge in [-0.3, -0.25) is 19.2 Å². The van der Waals surface area contributed by atoms with E-state index in [4.69, 9.17) is 0 Å². The number of nitrogens with one attached hydrogen (secondary N) is 2. The molecule has 3 aromatic rings. The van der Waals surface area contributed by atoms with Crippen LogP contribution in [0.2, 0.25) is 0 Å². The van der Waals surface area contributed by atoms with E-state index in [1.54, 1.807) is 0 Å². The van der Waals surface area contributed by atoms with Gasteiger partial charge in [-0.25, -0.2) is 4.79 Å². The van der Waals surface area contributed by atoms with Crippen molar-refractivity contribution in [2.45, 2.75) is 38.8 Å². The molecule has 1 unspecified atom stereocenters. The summed E-state index contributed by atoms with van der Waals surface area (Å²) in [6, 6.07) is 7.57. The third kappa shape index (κ3) is 2.61. The highest BCUT2D eigenvalue weighted by Gasteiger charge is 2.35. The number of nitrogens with zero attached hydrogens (tertiary/aromatic N) is 2. The lowest BCUT2D eigenvalue weighted by Gasteiger charge is -2.34. The first-order chi connectivity index (χ1) is 12.7. The summed E-state index contributed by atoms with van der Waals surface area (Å²) in [5.41, 5.74) is 1.41. The minimum absolute atomic E-state index is 0.194. The van der Waals surface area contributed by atoms with E-state index in [9.17, 15) is 14.7 Å². The minimum Gasteiger partial charge on any atom is -0.494 e. The minimum atomic E-state index is -0.670. The van der Waals surface area contributed by atoms with Crippen LogP contribution < -0.4 is 11.2 Å². The zero-order chi connectivity index (χ0) is 19.5. The molecule has 7 heteroatoms. The van der Waals surface area contributed by atoms with Crippen LogP contribution in [-0.2, 0) is 12.0 Å². The van der Waals surface area contributed by atoms with Crippen LogP contribution in [-0.4, -0.2) is 38.1 Å². The summed E-state index contributed by atoms with van der Waals surface area (Å²) in [7, 11) is 1.92. The van der Waals surface area contributed by atoms with Crippen molar-refractivity contribution in [3.63, 3.8) is 0 Å². The van der Waals surface area contributed by atoms with E-state index in [-0.39, 0.29) is 11.4 Å². The van der Waals surface area contributed by atoms with Gasteiger partial charge in [0.2, 0.25) is 5.88 Å². The van der Waals surface area contributed by atoms with E-state index in [2.05, 4.69) is 16.0 Å². The fourth-order valence-corrected chi connectivity index (χ4v) is 4.13. The molecule has 3 heterocycles. The van der Waals surface area contributed by atoms with E-state index in [1.807, 2.05) is 50.9 Å². The Bertz CT molecular complexity index is 1150. The Kier molecular flexibility index (Phi) is 3.82. The Morgan fingerprint density at radius 2 is 1.85 bits per heavy atom. The lowest BCUT2D eigenvalue weighted by atomic mass is 9.93. The van der Waals surface area contributed by atoms with Crippen LogP contribution in [0.25, 0.3) is 10.9 Å². The van der Waals surface area contributed by atoms with Crippen LogP contribution in [0.5, 0.6) is 5.88 Å². The van der Waals surface area contributed by atoms with Crippen LogP contribution in [0.4, 0.5) is 0 Å².